The standard InChI is InChI=1S/C21H33ClN4O4.ClH/c1-4-26(5-2)20(27)7-6-8-25-9-10-30-15(14-25)13-24-21(28)16-11-17(22)18(23)12-19(16)29-3;/h11-12,15H,4-10,13-14,23H2,1-3H3,(H,24,28);1H. The van der Waals surface area contributed by atoms with Crippen LogP contribution in [-0.2, 0) is 9.53 Å². The third-order valence-corrected chi connectivity index (χ3v) is 5.59. The molecule has 1 aliphatic heterocycles. The van der Waals surface area contributed by atoms with Crippen LogP contribution in [0.2, 0.25) is 5.02 Å². The summed E-state index contributed by atoms with van der Waals surface area (Å²) in [5.41, 5.74) is 6.46. The van der Waals surface area contributed by atoms with Crippen LogP contribution in [0.5, 0.6) is 5.75 Å². The van der Waals surface area contributed by atoms with Crippen LogP contribution >= 0.6 is 24.0 Å². The Hall–Kier alpha value is -1.74. The van der Waals surface area contributed by atoms with E-state index in [1.54, 1.807) is 0 Å². The maximum Gasteiger partial charge on any atom is 0.255 e. The molecule has 1 atom stereocenters. The van der Waals surface area contributed by atoms with Crippen LogP contribution in [0.1, 0.15) is 37.0 Å². The highest BCUT2D eigenvalue weighted by molar-refractivity contribution is 6.33. The molecule has 3 N–H and O–H groups in total. The second-order valence-corrected chi connectivity index (χ2v) is 7.65. The Bertz CT molecular complexity index is 732. The van der Waals surface area contributed by atoms with E-state index in [0.29, 0.717) is 48.1 Å². The number of nitrogens with one attached hydrogen (secondary N) is 1. The Labute approximate surface area is 195 Å². The zero-order valence-corrected chi connectivity index (χ0v) is 20.1. The van der Waals surface area contributed by atoms with E-state index in [2.05, 4.69) is 10.2 Å². The maximum atomic E-state index is 12.6. The first-order valence-electron chi connectivity index (χ1n) is 10.4. The van der Waals surface area contributed by atoms with Gasteiger partial charge in [0.05, 0.1) is 36.1 Å². The van der Waals surface area contributed by atoms with Crippen LogP contribution in [0.3, 0.4) is 0 Å². The third-order valence-electron chi connectivity index (χ3n) is 5.26. The predicted molar refractivity (Wildman–Crippen MR) is 125 cm³/mol. The molecule has 2 amide bonds. The molecule has 1 fully saturated rings. The molecule has 0 spiro atoms. The monoisotopic (exact) mass is 476 g/mol. The second-order valence-electron chi connectivity index (χ2n) is 7.25. The number of ether oxygens (including phenoxy) is 2. The first kappa shape index (κ1) is 27.3. The Kier molecular flexibility index (Phi) is 12.0. The Balaban J connectivity index is 0.00000480. The molecule has 1 unspecified atom stereocenters. The molecule has 0 aliphatic carbocycles. The Morgan fingerprint density at radius 1 is 1.35 bits per heavy atom. The molecule has 10 heteroatoms. The van der Waals surface area contributed by atoms with Gasteiger partial charge < -0.3 is 25.4 Å². The average Bonchev–Trinajstić information content (AvgIpc) is 2.74. The molecular weight excluding hydrogens is 443 g/mol. The van der Waals surface area contributed by atoms with E-state index in [1.807, 2.05) is 18.7 Å². The number of hydrogen-bond acceptors (Lipinski definition) is 6. The van der Waals surface area contributed by atoms with E-state index in [0.717, 1.165) is 32.6 Å². The van der Waals surface area contributed by atoms with Gasteiger partial charge in [-0.2, -0.15) is 0 Å². The SMILES string of the molecule is CCN(CC)C(=O)CCCN1CCOC(CNC(=O)c2cc(Cl)c(N)cc2OC)C1.Cl. The van der Waals surface area contributed by atoms with Crippen molar-refractivity contribution >= 4 is 41.5 Å². The molecule has 176 valence electrons. The summed E-state index contributed by atoms with van der Waals surface area (Å²) in [6.07, 6.45) is 1.25. The summed E-state index contributed by atoms with van der Waals surface area (Å²) in [6, 6.07) is 3.04. The van der Waals surface area contributed by atoms with Crippen molar-refractivity contribution in [1.82, 2.24) is 15.1 Å². The van der Waals surface area contributed by atoms with Crippen LogP contribution in [0.15, 0.2) is 12.1 Å². The summed E-state index contributed by atoms with van der Waals surface area (Å²) in [5.74, 6) is 0.283. The average molecular weight is 477 g/mol. The van der Waals surface area contributed by atoms with Crippen LogP contribution in [0.4, 0.5) is 5.69 Å². The van der Waals surface area contributed by atoms with Crippen molar-refractivity contribution in [3.8, 4) is 5.75 Å². The molecule has 1 aromatic rings. The largest absolute Gasteiger partial charge is 0.496 e. The number of anilines is 1. The van der Waals surface area contributed by atoms with Crippen LogP contribution in [0.25, 0.3) is 0 Å². The number of carbonyl (C=O) groups excluding carboxylic acids is 2. The van der Waals surface area contributed by atoms with E-state index < -0.39 is 0 Å². The summed E-state index contributed by atoms with van der Waals surface area (Å²) in [4.78, 5) is 28.8. The van der Waals surface area contributed by atoms with Gasteiger partial charge in [-0.1, -0.05) is 11.6 Å². The molecular formula is C21H34Cl2N4O4. The number of nitrogens with zero attached hydrogens (tertiary/aromatic N) is 2. The zero-order chi connectivity index (χ0) is 22.1. The normalized spacial score (nSPS) is 16.3. The Morgan fingerprint density at radius 3 is 2.71 bits per heavy atom. The van der Waals surface area contributed by atoms with Gasteiger partial charge in [-0.05, 0) is 32.9 Å². The molecule has 1 aromatic carbocycles. The van der Waals surface area contributed by atoms with Gasteiger partial charge in [-0.25, -0.2) is 0 Å². The van der Waals surface area contributed by atoms with Gasteiger partial charge in [0.2, 0.25) is 5.91 Å². The minimum absolute atomic E-state index is 0. The van der Waals surface area contributed by atoms with Crippen LogP contribution in [0, 0.1) is 0 Å². The molecule has 0 aromatic heterocycles. The van der Waals surface area contributed by atoms with Gasteiger partial charge in [0.25, 0.3) is 5.91 Å². The minimum atomic E-state index is -0.292. The van der Waals surface area contributed by atoms with Gasteiger partial charge in [-0.3, -0.25) is 14.5 Å². The minimum Gasteiger partial charge on any atom is -0.496 e. The topological polar surface area (TPSA) is 97.1 Å². The molecule has 1 aliphatic rings. The number of nitrogens with two attached hydrogens (primary N) is 1. The Morgan fingerprint density at radius 2 is 2.06 bits per heavy atom. The first-order valence-corrected chi connectivity index (χ1v) is 10.8. The summed E-state index contributed by atoms with van der Waals surface area (Å²) in [5, 5.41) is 3.19. The highest BCUT2D eigenvalue weighted by atomic mass is 35.5. The lowest BCUT2D eigenvalue weighted by molar-refractivity contribution is -0.131. The van der Waals surface area contributed by atoms with Crippen molar-refractivity contribution < 1.29 is 19.1 Å². The van der Waals surface area contributed by atoms with Gasteiger partial charge >= 0.3 is 0 Å². The zero-order valence-electron chi connectivity index (χ0n) is 18.5. The van der Waals surface area contributed by atoms with E-state index in [9.17, 15) is 9.59 Å². The van der Waals surface area contributed by atoms with Crippen molar-refractivity contribution in [2.75, 3.05) is 58.7 Å². The molecule has 0 bridgehead atoms. The second kappa shape index (κ2) is 13.6. The van der Waals surface area contributed by atoms with Gasteiger partial charge in [0.1, 0.15) is 5.75 Å². The van der Waals surface area contributed by atoms with E-state index >= 15 is 0 Å². The number of carbonyl (C=O) groups is 2. The number of rotatable bonds is 10. The van der Waals surface area contributed by atoms with Crippen molar-refractivity contribution in [3.05, 3.63) is 22.7 Å². The smallest absolute Gasteiger partial charge is 0.255 e. The first-order chi connectivity index (χ1) is 14.4. The van der Waals surface area contributed by atoms with Crippen molar-refractivity contribution in [2.45, 2.75) is 32.8 Å². The fraction of sp³-hybridized carbons (Fsp3) is 0.619. The number of halogens is 2. The number of nitrogen functional groups attached to an aromatic ring is 1. The number of hydrogen-bond donors (Lipinski definition) is 2. The van der Waals surface area contributed by atoms with Crippen LogP contribution in [-0.4, -0.2) is 80.7 Å². The summed E-state index contributed by atoms with van der Waals surface area (Å²) in [7, 11) is 1.48. The highest BCUT2D eigenvalue weighted by Gasteiger charge is 2.22. The lowest BCUT2D eigenvalue weighted by Crippen LogP contribution is -2.47. The molecule has 0 radical (unpaired) electrons. The number of benzene rings is 1. The van der Waals surface area contributed by atoms with Gasteiger partial charge in [0, 0.05) is 45.2 Å². The maximum absolute atomic E-state index is 12.6. The fourth-order valence-electron chi connectivity index (χ4n) is 3.51. The lowest BCUT2D eigenvalue weighted by Gasteiger charge is -2.33. The van der Waals surface area contributed by atoms with Crippen molar-refractivity contribution in [1.29, 1.82) is 0 Å². The van der Waals surface area contributed by atoms with Gasteiger partial charge in [0.15, 0.2) is 0 Å². The number of morpholine rings is 1. The number of amides is 2. The molecule has 8 nitrogen and oxygen atoms in total. The summed E-state index contributed by atoms with van der Waals surface area (Å²) >= 11 is 6.04. The summed E-state index contributed by atoms with van der Waals surface area (Å²) < 4.78 is 11.0. The summed E-state index contributed by atoms with van der Waals surface area (Å²) in [6.45, 7) is 8.83. The third kappa shape index (κ3) is 8.03. The van der Waals surface area contributed by atoms with E-state index in [1.165, 1.54) is 19.2 Å². The van der Waals surface area contributed by atoms with Gasteiger partial charge in [-0.15, -0.1) is 12.4 Å². The van der Waals surface area contributed by atoms with E-state index in [4.69, 9.17) is 26.8 Å². The van der Waals surface area contributed by atoms with Crippen LogP contribution < -0.4 is 15.8 Å². The van der Waals surface area contributed by atoms with Crippen molar-refractivity contribution in [2.24, 2.45) is 0 Å². The molecule has 1 saturated heterocycles. The predicted octanol–water partition coefficient (Wildman–Crippen LogP) is 2.43. The lowest BCUT2D eigenvalue weighted by atomic mass is 10.1. The van der Waals surface area contributed by atoms with E-state index in [-0.39, 0.29) is 30.3 Å². The highest BCUT2D eigenvalue weighted by Crippen LogP contribution is 2.28. The molecule has 1 heterocycles. The molecule has 31 heavy (non-hydrogen) atoms. The molecule has 2 rings (SSSR count). The fourth-order valence-corrected chi connectivity index (χ4v) is 3.68. The number of methoxy groups -OCH3 is 1. The quantitative estimate of drug-likeness (QED) is 0.503. The molecule has 0 saturated carbocycles. The van der Waals surface area contributed by atoms with Crippen molar-refractivity contribution in [3.63, 3.8) is 0 Å².